The van der Waals surface area contributed by atoms with Gasteiger partial charge in [-0.15, -0.1) is 0 Å². The van der Waals surface area contributed by atoms with E-state index in [0.29, 0.717) is 33.0 Å². The molecule has 8 heteroatoms. The second-order valence-electron chi connectivity index (χ2n) is 9.79. The van der Waals surface area contributed by atoms with E-state index in [1.54, 1.807) is 20.4 Å². The van der Waals surface area contributed by atoms with Crippen LogP contribution in [0.4, 0.5) is 5.69 Å². The molecule has 0 atom stereocenters. The highest BCUT2D eigenvalue weighted by Gasteiger charge is 2.12. The van der Waals surface area contributed by atoms with Gasteiger partial charge in [-0.1, -0.05) is 36.4 Å². The van der Waals surface area contributed by atoms with Crippen molar-refractivity contribution in [3.63, 3.8) is 0 Å². The molecule has 0 unspecified atom stereocenters. The number of hydrogen-bond acceptors (Lipinski definition) is 7. The summed E-state index contributed by atoms with van der Waals surface area (Å²) >= 11 is 0. The van der Waals surface area contributed by atoms with Crippen LogP contribution in [0.2, 0.25) is 0 Å². The predicted octanol–water partition coefficient (Wildman–Crippen LogP) is 6.22. The molecule has 3 aromatic carbocycles. The van der Waals surface area contributed by atoms with Gasteiger partial charge in [0.2, 0.25) is 0 Å². The van der Waals surface area contributed by atoms with E-state index in [9.17, 15) is 0 Å². The lowest BCUT2D eigenvalue weighted by Crippen LogP contribution is -2.22. The van der Waals surface area contributed by atoms with Gasteiger partial charge in [0.05, 0.1) is 52.0 Å². The third kappa shape index (κ3) is 8.19. The van der Waals surface area contributed by atoms with Gasteiger partial charge in [-0.25, -0.2) is 4.68 Å². The second-order valence-corrected chi connectivity index (χ2v) is 9.79. The van der Waals surface area contributed by atoms with E-state index < -0.39 is 0 Å². The molecule has 0 radical (unpaired) electrons. The zero-order chi connectivity index (χ0) is 29.0. The van der Waals surface area contributed by atoms with Gasteiger partial charge < -0.3 is 23.8 Å². The van der Waals surface area contributed by atoms with E-state index in [2.05, 4.69) is 57.4 Å². The molecule has 5 aromatic rings. The monoisotopic (exact) mass is 564 g/mol. The summed E-state index contributed by atoms with van der Waals surface area (Å²) in [6, 6.07) is 30.6. The molecule has 216 valence electrons. The molecule has 0 amide bonds. The number of nitrogens with zero attached hydrogens (tertiary/aromatic N) is 4. The van der Waals surface area contributed by atoms with Gasteiger partial charge in [-0.05, 0) is 71.3 Å². The SMILES string of the molecule is COc1cccc(COCCOCc2cc(N(Cc3ccc(-n4cccn4)cc3)Cc3cccc(OC)c3)ccn2)c1. The van der Waals surface area contributed by atoms with Crippen molar-refractivity contribution in [1.29, 1.82) is 0 Å². The largest absolute Gasteiger partial charge is 0.497 e. The lowest BCUT2D eigenvalue weighted by atomic mass is 10.1. The van der Waals surface area contributed by atoms with Crippen LogP contribution >= 0.6 is 0 Å². The number of aromatic nitrogens is 3. The van der Waals surface area contributed by atoms with Gasteiger partial charge in [0.15, 0.2) is 0 Å². The Bertz CT molecular complexity index is 1520. The van der Waals surface area contributed by atoms with E-state index in [4.69, 9.17) is 18.9 Å². The molecule has 0 aliphatic carbocycles. The smallest absolute Gasteiger partial charge is 0.119 e. The molecule has 0 N–H and O–H groups in total. The van der Waals surface area contributed by atoms with E-state index >= 15 is 0 Å². The first-order chi connectivity index (χ1) is 20.7. The highest BCUT2D eigenvalue weighted by Crippen LogP contribution is 2.23. The number of hydrogen-bond donors (Lipinski definition) is 0. The predicted molar refractivity (Wildman–Crippen MR) is 163 cm³/mol. The Morgan fingerprint density at radius 2 is 1.36 bits per heavy atom. The molecule has 0 saturated carbocycles. The van der Waals surface area contributed by atoms with Gasteiger partial charge in [0.1, 0.15) is 11.5 Å². The maximum Gasteiger partial charge on any atom is 0.119 e. The summed E-state index contributed by atoms with van der Waals surface area (Å²) in [5, 5.41) is 4.33. The molecular weight excluding hydrogens is 528 g/mol. The number of benzene rings is 3. The minimum atomic E-state index is 0.405. The molecule has 0 fully saturated rings. The summed E-state index contributed by atoms with van der Waals surface area (Å²) in [5.41, 5.74) is 6.37. The van der Waals surface area contributed by atoms with Crippen LogP contribution in [0.1, 0.15) is 22.4 Å². The van der Waals surface area contributed by atoms with Crippen molar-refractivity contribution in [3.8, 4) is 17.2 Å². The molecular formula is C34H36N4O4. The van der Waals surface area contributed by atoms with E-state index in [0.717, 1.165) is 46.2 Å². The van der Waals surface area contributed by atoms with Crippen molar-refractivity contribution in [2.75, 3.05) is 32.3 Å². The molecule has 0 saturated heterocycles. The van der Waals surface area contributed by atoms with Gasteiger partial charge in [-0.3, -0.25) is 4.98 Å². The van der Waals surface area contributed by atoms with Gasteiger partial charge in [0.25, 0.3) is 0 Å². The Balaban J connectivity index is 1.22. The van der Waals surface area contributed by atoms with Crippen LogP contribution in [-0.2, 0) is 35.8 Å². The minimum absolute atomic E-state index is 0.405. The molecule has 0 spiro atoms. The number of rotatable bonds is 15. The Morgan fingerprint density at radius 3 is 2.07 bits per heavy atom. The van der Waals surface area contributed by atoms with E-state index in [-0.39, 0.29) is 0 Å². The first-order valence-electron chi connectivity index (χ1n) is 13.9. The number of anilines is 1. The van der Waals surface area contributed by atoms with E-state index in [1.807, 2.05) is 65.6 Å². The summed E-state index contributed by atoms with van der Waals surface area (Å²) in [4.78, 5) is 6.89. The Hall–Kier alpha value is -4.66. The average Bonchev–Trinajstić information content (AvgIpc) is 3.58. The van der Waals surface area contributed by atoms with Crippen LogP contribution < -0.4 is 14.4 Å². The van der Waals surface area contributed by atoms with Crippen LogP contribution in [-0.4, -0.2) is 42.2 Å². The summed E-state index contributed by atoms with van der Waals surface area (Å²) in [6.07, 6.45) is 5.56. The highest BCUT2D eigenvalue weighted by atomic mass is 16.5. The van der Waals surface area contributed by atoms with Crippen LogP contribution in [0.5, 0.6) is 11.5 Å². The summed E-state index contributed by atoms with van der Waals surface area (Å²) in [6.45, 7) is 3.32. The normalized spacial score (nSPS) is 10.9. The maximum absolute atomic E-state index is 5.90. The average molecular weight is 565 g/mol. The Kier molecular flexibility index (Phi) is 10.2. The number of ether oxygens (including phenoxy) is 4. The van der Waals surface area contributed by atoms with Crippen LogP contribution in [0.25, 0.3) is 5.69 Å². The molecule has 0 aliphatic heterocycles. The molecule has 8 nitrogen and oxygen atoms in total. The summed E-state index contributed by atoms with van der Waals surface area (Å²) in [7, 11) is 3.35. The quantitative estimate of drug-likeness (QED) is 0.140. The fourth-order valence-electron chi connectivity index (χ4n) is 4.61. The third-order valence-electron chi connectivity index (χ3n) is 6.78. The lowest BCUT2D eigenvalue weighted by molar-refractivity contribution is 0.0328. The zero-order valence-corrected chi connectivity index (χ0v) is 24.1. The molecule has 0 bridgehead atoms. The number of pyridine rings is 1. The van der Waals surface area contributed by atoms with Crippen molar-refractivity contribution in [2.45, 2.75) is 26.3 Å². The van der Waals surface area contributed by atoms with Gasteiger partial charge in [0, 0.05) is 37.4 Å². The van der Waals surface area contributed by atoms with Crippen molar-refractivity contribution in [2.24, 2.45) is 0 Å². The van der Waals surface area contributed by atoms with Crippen LogP contribution in [0.3, 0.4) is 0 Å². The fraction of sp³-hybridized carbons (Fsp3) is 0.235. The molecule has 0 aliphatic rings. The van der Waals surface area contributed by atoms with Gasteiger partial charge in [-0.2, -0.15) is 5.10 Å². The molecule has 2 heterocycles. The summed E-state index contributed by atoms with van der Waals surface area (Å²) in [5.74, 6) is 1.67. The standard InChI is InChI=1S/C34H36N4O4/c1-39-33-8-3-6-28(20-33)24-37(23-27-10-12-31(13-11-27)38-17-5-15-36-38)32-14-16-35-30(22-32)26-42-19-18-41-25-29-7-4-9-34(21-29)40-2/h3-17,20-22H,18-19,23-26H2,1-2H3. The molecule has 42 heavy (non-hydrogen) atoms. The molecule has 2 aromatic heterocycles. The topological polar surface area (TPSA) is 70.9 Å². The van der Waals surface area contributed by atoms with Crippen molar-refractivity contribution < 1.29 is 18.9 Å². The zero-order valence-electron chi connectivity index (χ0n) is 24.1. The van der Waals surface area contributed by atoms with Crippen LogP contribution in [0.15, 0.2) is 110 Å². The summed E-state index contributed by atoms with van der Waals surface area (Å²) < 4.78 is 24.3. The number of methoxy groups -OCH3 is 2. The van der Waals surface area contributed by atoms with Crippen molar-refractivity contribution >= 4 is 5.69 Å². The first kappa shape index (κ1) is 28.9. The highest BCUT2D eigenvalue weighted by molar-refractivity contribution is 5.49. The fourth-order valence-corrected chi connectivity index (χ4v) is 4.61. The Morgan fingerprint density at radius 1 is 0.667 bits per heavy atom. The maximum atomic E-state index is 5.90. The third-order valence-corrected chi connectivity index (χ3v) is 6.78. The molecule has 5 rings (SSSR count). The second kappa shape index (κ2) is 14.8. The minimum Gasteiger partial charge on any atom is -0.497 e. The lowest BCUT2D eigenvalue weighted by Gasteiger charge is -2.26. The van der Waals surface area contributed by atoms with Crippen LogP contribution in [0, 0.1) is 0 Å². The van der Waals surface area contributed by atoms with Crippen molar-refractivity contribution in [1.82, 2.24) is 14.8 Å². The van der Waals surface area contributed by atoms with Gasteiger partial charge >= 0.3 is 0 Å². The first-order valence-corrected chi connectivity index (χ1v) is 13.9. The Labute approximate surface area is 247 Å². The van der Waals surface area contributed by atoms with Crippen molar-refractivity contribution in [3.05, 3.63) is 132 Å². The van der Waals surface area contributed by atoms with E-state index in [1.165, 1.54) is 5.56 Å².